The van der Waals surface area contributed by atoms with Gasteiger partial charge in [-0.1, -0.05) is 55.4 Å². The summed E-state index contributed by atoms with van der Waals surface area (Å²) >= 11 is 0. The number of rotatable bonds is 0. The first-order valence-corrected chi connectivity index (χ1v) is 6.56. The second kappa shape index (κ2) is 2.63. The Morgan fingerprint density at radius 2 is 1.13 bits per heavy atom. The summed E-state index contributed by atoms with van der Waals surface area (Å²) in [6.07, 6.45) is 0. The molecule has 0 heterocycles. The second-order valence-electron chi connectivity index (χ2n) is 7.90. The van der Waals surface area contributed by atoms with Crippen LogP contribution < -0.4 is 0 Å². The average molecular weight is 208 g/mol. The quantitative estimate of drug-likeness (QED) is 0.546. The molecule has 15 heavy (non-hydrogen) atoms. The van der Waals surface area contributed by atoms with Crippen LogP contribution >= 0.6 is 0 Å². The fraction of sp³-hybridized carbons (Fsp3) is 1.00. The van der Waals surface area contributed by atoms with Gasteiger partial charge >= 0.3 is 0 Å². The van der Waals surface area contributed by atoms with E-state index < -0.39 is 0 Å². The summed E-state index contributed by atoms with van der Waals surface area (Å²) in [5.74, 6) is 3.66. The predicted molar refractivity (Wildman–Crippen MR) is 66.7 cm³/mol. The molecule has 2 saturated carbocycles. The van der Waals surface area contributed by atoms with Gasteiger partial charge in [0, 0.05) is 0 Å². The Labute approximate surface area is 95.8 Å². The van der Waals surface area contributed by atoms with Crippen LogP contribution in [0, 0.1) is 39.9 Å². The SMILES string of the molecule is CC1C2C(C)C(C)(C)C(C)(C)C2C1(C)C. The molecule has 0 heteroatoms. The van der Waals surface area contributed by atoms with Crippen molar-refractivity contribution in [1.29, 1.82) is 0 Å². The van der Waals surface area contributed by atoms with Crippen molar-refractivity contribution < 1.29 is 0 Å². The maximum Gasteiger partial charge on any atom is -0.0264 e. The van der Waals surface area contributed by atoms with E-state index in [2.05, 4.69) is 55.4 Å². The molecule has 0 amide bonds. The van der Waals surface area contributed by atoms with Crippen LogP contribution in [0.2, 0.25) is 0 Å². The third-order valence-corrected chi connectivity index (χ3v) is 7.09. The van der Waals surface area contributed by atoms with E-state index in [0.717, 1.165) is 23.7 Å². The van der Waals surface area contributed by atoms with Crippen LogP contribution in [0.3, 0.4) is 0 Å². The molecule has 0 aromatic carbocycles. The monoisotopic (exact) mass is 208 g/mol. The number of hydrogen-bond acceptors (Lipinski definition) is 0. The van der Waals surface area contributed by atoms with Crippen LogP contribution in [-0.4, -0.2) is 0 Å². The third-order valence-electron chi connectivity index (χ3n) is 7.09. The van der Waals surface area contributed by atoms with Crippen molar-refractivity contribution >= 4 is 0 Å². The number of fused-ring (bicyclic) bond motifs is 1. The first kappa shape index (κ1) is 11.5. The van der Waals surface area contributed by atoms with Gasteiger partial charge in [-0.3, -0.25) is 0 Å². The van der Waals surface area contributed by atoms with Gasteiger partial charge in [-0.05, 0) is 39.9 Å². The molecule has 0 aromatic heterocycles. The zero-order chi connectivity index (χ0) is 11.8. The molecule has 0 nitrogen and oxygen atoms in total. The van der Waals surface area contributed by atoms with Crippen LogP contribution in [0.1, 0.15) is 55.4 Å². The summed E-state index contributed by atoms with van der Waals surface area (Å²) in [4.78, 5) is 0. The molecule has 0 aromatic rings. The fourth-order valence-electron chi connectivity index (χ4n) is 5.05. The van der Waals surface area contributed by atoms with Crippen molar-refractivity contribution in [2.45, 2.75) is 55.4 Å². The lowest BCUT2D eigenvalue weighted by molar-refractivity contribution is -0.122. The minimum Gasteiger partial charge on any atom is -0.0617 e. The summed E-state index contributed by atoms with van der Waals surface area (Å²) in [6, 6.07) is 0. The summed E-state index contributed by atoms with van der Waals surface area (Å²) in [7, 11) is 0. The molecule has 0 bridgehead atoms. The summed E-state index contributed by atoms with van der Waals surface area (Å²) in [6.45, 7) is 19.9. The van der Waals surface area contributed by atoms with E-state index in [-0.39, 0.29) is 0 Å². The molecule has 2 rings (SSSR count). The van der Waals surface area contributed by atoms with Crippen LogP contribution in [-0.2, 0) is 0 Å². The fourth-order valence-corrected chi connectivity index (χ4v) is 5.05. The molecular weight excluding hydrogens is 180 g/mol. The third kappa shape index (κ3) is 0.996. The summed E-state index contributed by atoms with van der Waals surface area (Å²) in [5, 5.41) is 0. The van der Waals surface area contributed by atoms with Gasteiger partial charge in [-0.25, -0.2) is 0 Å². The van der Waals surface area contributed by atoms with Gasteiger partial charge in [0.2, 0.25) is 0 Å². The Morgan fingerprint density at radius 3 is 1.53 bits per heavy atom. The van der Waals surface area contributed by atoms with Crippen LogP contribution in [0.25, 0.3) is 0 Å². The average Bonchev–Trinajstić information content (AvgIpc) is 2.22. The standard InChI is InChI=1S/C15H28/c1-9-11-10(2)14(5,6)15(7,8)12(11)13(9,3)4/h9-12H,1-8H3. The van der Waals surface area contributed by atoms with Crippen molar-refractivity contribution in [2.24, 2.45) is 39.9 Å². The summed E-state index contributed by atoms with van der Waals surface area (Å²) < 4.78 is 0. The molecule has 2 aliphatic rings. The lowest BCUT2D eigenvalue weighted by atomic mass is 9.45. The maximum absolute atomic E-state index is 2.50. The molecule has 0 N–H and O–H groups in total. The highest BCUT2D eigenvalue weighted by Crippen LogP contribution is 2.75. The minimum absolute atomic E-state index is 0.490. The van der Waals surface area contributed by atoms with E-state index >= 15 is 0 Å². The first-order valence-electron chi connectivity index (χ1n) is 6.56. The summed E-state index contributed by atoms with van der Waals surface area (Å²) in [5.41, 5.74) is 1.54. The second-order valence-corrected chi connectivity index (χ2v) is 7.90. The predicted octanol–water partition coefficient (Wildman–Crippen LogP) is 4.60. The highest BCUT2D eigenvalue weighted by atomic mass is 14.7. The molecule has 2 fully saturated rings. The lowest BCUT2D eigenvalue weighted by Gasteiger charge is -2.60. The molecule has 88 valence electrons. The molecule has 0 saturated heterocycles. The Kier molecular flexibility index (Phi) is 2.01. The van der Waals surface area contributed by atoms with Crippen LogP contribution in [0.4, 0.5) is 0 Å². The molecule has 2 aliphatic carbocycles. The van der Waals surface area contributed by atoms with Crippen molar-refractivity contribution in [2.75, 3.05) is 0 Å². The van der Waals surface area contributed by atoms with Gasteiger partial charge in [0.15, 0.2) is 0 Å². The highest BCUT2D eigenvalue weighted by molar-refractivity contribution is 5.18. The van der Waals surface area contributed by atoms with E-state index in [1.54, 1.807) is 0 Å². The van der Waals surface area contributed by atoms with Crippen molar-refractivity contribution in [3.8, 4) is 0 Å². The van der Waals surface area contributed by atoms with E-state index in [0.29, 0.717) is 16.2 Å². The van der Waals surface area contributed by atoms with Crippen molar-refractivity contribution in [3.63, 3.8) is 0 Å². The Hall–Kier alpha value is 0. The highest BCUT2D eigenvalue weighted by Gasteiger charge is 2.70. The zero-order valence-corrected chi connectivity index (χ0v) is 11.8. The lowest BCUT2D eigenvalue weighted by Crippen LogP contribution is -2.55. The van der Waals surface area contributed by atoms with Crippen LogP contribution in [0.5, 0.6) is 0 Å². The first-order chi connectivity index (χ1) is 6.56. The largest absolute Gasteiger partial charge is 0.0617 e. The van der Waals surface area contributed by atoms with Gasteiger partial charge in [-0.15, -0.1) is 0 Å². The molecule has 4 atom stereocenters. The smallest absolute Gasteiger partial charge is 0.0264 e. The molecule has 0 radical (unpaired) electrons. The Morgan fingerprint density at radius 1 is 0.667 bits per heavy atom. The number of hydrogen-bond donors (Lipinski definition) is 0. The molecular formula is C15H28. The molecule has 0 spiro atoms. The van der Waals surface area contributed by atoms with Gasteiger partial charge < -0.3 is 0 Å². The van der Waals surface area contributed by atoms with E-state index in [9.17, 15) is 0 Å². The van der Waals surface area contributed by atoms with E-state index in [1.807, 2.05) is 0 Å². The topological polar surface area (TPSA) is 0 Å². The van der Waals surface area contributed by atoms with Crippen molar-refractivity contribution in [1.82, 2.24) is 0 Å². The van der Waals surface area contributed by atoms with Crippen molar-refractivity contribution in [3.05, 3.63) is 0 Å². The maximum atomic E-state index is 2.50. The zero-order valence-electron chi connectivity index (χ0n) is 11.8. The van der Waals surface area contributed by atoms with Gasteiger partial charge in [0.1, 0.15) is 0 Å². The normalized spacial score (nSPS) is 49.6. The minimum atomic E-state index is 0.490. The Bertz CT molecular complexity index is 282. The Balaban J connectivity index is 2.45. The van der Waals surface area contributed by atoms with Gasteiger partial charge in [0.05, 0.1) is 0 Å². The van der Waals surface area contributed by atoms with Gasteiger partial charge in [0.25, 0.3) is 0 Å². The van der Waals surface area contributed by atoms with E-state index in [4.69, 9.17) is 0 Å². The van der Waals surface area contributed by atoms with Gasteiger partial charge in [-0.2, -0.15) is 0 Å². The van der Waals surface area contributed by atoms with E-state index in [1.165, 1.54) is 0 Å². The molecule has 4 unspecified atom stereocenters. The molecule has 0 aliphatic heterocycles. The van der Waals surface area contributed by atoms with Crippen LogP contribution in [0.15, 0.2) is 0 Å².